The third kappa shape index (κ3) is 3.73. The van der Waals surface area contributed by atoms with Crippen molar-refractivity contribution in [2.45, 2.75) is 55.2 Å². The number of nitrogens with one attached hydrogen (secondary N) is 1. The summed E-state index contributed by atoms with van der Waals surface area (Å²) in [5.74, 6) is 0.555. The summed E-state index contributed by atoms with van der Waals surface area (Å²) in [5.41, 5.74) is 1.43. The van der Waals surface area contributed by atoms with Gasteiger partial charge in [-0.1, -0.05) is 20.8 Å². The summed E-state index contributed by atoms with van der Waals surface area (Å²) in [7, 11) is 0. The molecule has 0 aromatic carbocycles. The zero-order chi connectivity index (χ0) is 13.1. The van der Waals surface area contributed by atoms with Gasteiger partial charge in [0.1, 0.15) is 0 Å². The lowest BCUT2D eigenvalue weighted by atomic mass is 10.0. The summed E-state index contributed by atoms with van der Waals surface area (Å²) in [4.78, 5) is 0. The smallest absolute Gasteiger partial charge is 0.0667 e. The maximum atomic E-state index is 9.95. The van der Waals surface area contributed by atoms with Gasteiger partial charge in [-0.2, -0.15) is 0 Å². The van der Waals surface area contributed by atoms with Gasteiger partial charge in [-0.3, -0.25) is 0 Å². The molecule has 0 saturated heterocycles. The molecule has 2 unspecified atom stereocenters. The fourth-order valence-electron chi connectivity index (χ4n) is 2.45. The zero-order valence-electron chi connectivity index (χ0n) is 11.3. The van der Waals surface area contributed by atoms with Crippen LogP contribution in [0, 0.1) is 5.92 Å². The first kappa shape index (κ1) is 14.4. The topological polar surface area (TPSA) is 32.3 Å². The van der Waals surface area contributed by atoms with Crippen LogP contribution < -0.4 is 5.32 Å². The monoisotopic (exact) mass is 285 g/mol. The minimum Gasteiger partial charge on any atom is -0.392 e. The molecule has 2 N–H and O–H groups in total. The largest absolute Gasteiger partial charge is 0.392 e. The quantitative estimate of drug-likeness (QED) is 0.866. The second-order valence-electron chi connectivity index (χ2n) is 5.57. The van der Waals surface area contributed by atoms with Crippen molar-refractivity contribution in [2.24, 2.45) is 5.92 Å². The van der Waals surface area contributed by atoms with Crippen molar-refractivity contribution in [2.75, 3.05) is 6.54 Å². The Kier molecular flexibility index (Phi) is 5.13. The Labute approximate surface area is 118 Å². The van der Waals surface area contributed by atoms with Crippen LogP contribution in [0.5, 0.6) is 0 Å². The fraction of sp³-hybridized carbons (Fsp3) is 0.714. The number of aliphatic hydroxyl groups is 1. The molecule has 102 valence electrons. The van der Waals surface area contributed by atoms with E-state index in [4.69, 9.17) is 0 Å². The van der Waals surface area contributed by atoms with Gasteiger partial charge in [-0.15, -0.1) is 23.1 Å². The minimum absolute atomic E-state index is 0.225. The van der Waals surface area contributed by atoms with Gasteiger partial charge in [0.05, 0.1) is 10.3 Å². The fourth-order valence-corrected chi connectivity index (χ4v) is 5.02. The normalized spacial score (nSPS) is 25.2. The van der Waals surface area contributed by atoms with Crippen LogP contribution in [0.3, 0.4) is 0 Å². The Morgan fingerprint density at radius 1 is 1.50 bits per heavy atom. The molecule has 0 saturated carbocycles. The van der Waals surface area contributed by atoms with Crippen molar-refractivity contribution < 1.29 is 5.11 Å². The van der Waals surface area contributed by atoms with E-state index >= 15 is 0 Å². The molecule has 1 aliphatic rings. The SMILES string of the molecule is CC(C)CC(O)CNC1C[C@H](C)Sc2sccc21. The highest BCUT2D eigenvalue weighted by atomic mass is 32.2. The molecule has 0 fully saturated rings. The first-order chi connectivity index (χ1) is 8.56. The molecular formula is C14H23NOS2. The van der Waals surface area contributed by atoms with Crippen molar-refractivity contribution in [3.05, 3.63) is 17.0 Å². The molecule has 0 aliphatic carbocycles. The van der Waals surface area contributed by atoms with E-state index in [1.807, 2.05) is 23.1 Å². The molecule has 2 nitrogen and oxygen atoms in total. The van der Waals surface area contributed by atoms with E-state index < -0.39 is 0 Å². The molecule has 3 atom stereocenters. The third-order valence-electron chi connectivity index (χ3n) is 3.25. The predicted molar refractivity (Wildman–Crippen MR) is 80.5 cm³/mol. The van der Waals surface area contributed by atoms with Gasteiger partial charge in [0.25, 0.3) is 0 Å². The standard InChI is InChI=1S/C14H23NOS2/c1-9(2)6-11(16)8-15-13-7-10(3)18-14-12(13)4-5-17-14/h4-5,9-11,13,15-16H,6-8H2,1-3H3/t10-,11?,13?/m0/s1. The maximum Gasteiger partial charge on any atom is 0.0667 e. The van der Waals surface area contributed by atoms with Gasteiger partial charge < -0.3 is 10.4 Å². The maximum absolute atomic E-state index is 9.95. The summed E-state index contributed by atoms with van der Waals surface area (Å²) >= 11 is 3.82. The number of thioether (sulfide) groups is 1. The lowest BCUT2D eigenvalue weighted by molar-refractivity contribution is 0.141. The summed E-state index contributed by atoms with van der Waals surface area (Å²) < 4.78 is 1.45. The van der Waals surface area contributed by atoms with Crippen LogP contribution in [0.2, 0.25) is 0 Å². The van der Waals surface area contributed by atoms with Gasteiger partial charge >= 0.3 is 0 Å². The van der Waals surface area contributed by atoms with Crippen LogP contribution in [0.1, 0.15) is 45.2 Å². The van der Waals surface area contributed by atoms with Gasteiger partial charge in [0, 0.05) is 17.8 Å². The molecule has 0 spiro atoms. The Morgan fingerprint density at radius 3 is 3.00 bits per heavy atom. The van der Waals surface area contributed by atoms with Crippen LogP contribution >= 0.6 is 23.1 Å². The summed E-state index contributed by atoms with van der Waals surface area (Å²) in [6, 6.07) is 2.65. The molecular weight excluding hydrogens is 262 g/mol. The summed E-state index contributed by atoms with van der Waals surface area (Å²) in [6.07, 6.45) is 1.81. The van der Waals surface area contributed by atoms with Gasteiger partial charge in [-0.25, -0.2) is 0 Å². The van der Waals surface area contributed by atoms with E-state index in [1.54, 1.807) is 0 Å². The third-order valence-corrected chi connectivity index (χ3v) is 5.60. The molecule has 2 rings (SSSR count). The van der Waals surface area contributed by atoms with E-state index in [0.29, 0.717) is 23.8 Å². The van der Waals surface area contributed by atoms with Crippen molar-refractivity contribution >= 4 is 23.1 Å². The number of hydrogen-bond donors (Lipinski definition) is 2. The minimum atomic E-state index is -0.225. The number of rotatable bonds is 5. The number of aliphatic hydroxyl groups excluding tert-OH is 1. The Balaban J connectivity index is 1.90. The summed E-state index contributed by atoms with van der Waals surface area (Å²) in [5, 5.41) is 16.3. The van der Waals surface area contributed by atoms with Crippen molar-refractivity contribution in [3.8, 4) is 0 Å². The van der Waals surface area contributed by atoms with Gasteiger partial charge in [-0.05, 0) is 35.8 Å². The van der Waals surface area contributed by atoms with E-state index in [1.165, 1.54) is 9.77 Å². The van der Waals surface area contributed by atoms with Crippen molar-refractivity contribution in [1.82, 2.24) is 5.32 Å². The van der Waals surface area contributed by atoms with Crippen LogP contribution in [-0.2, 0) is 0 Å². The van der Waals surface area contributed by atoms with Gasteiger partial charge in [0.2, 0.25) is 0 Å². The van der Waals surface area contributed by atoms with Crippen molar-refractivity contribution in [1.29, 1.82) is 0 Å². The zero-order valence-corrected chi connectivity index (χ0v) is 13.0. The lowest BCUT2D eigenvalue weighted by Gasteiger charge is -2.28. The van der Waals surface area contributed by atoms with E-state index in [2.05, 4.69) is 37.5 Å². The first-order valence-electron chi connectivity index (χ1n) is 6.71. The highest BCUT2D eigenvalue weighted by molar-refractivity contribution is 8.01. The van der Waals surface area contributed by atoms with Crippen molar-refractivity contribution in [3.63, 3.8) is 0 Å². The second-order valence-corrected chi connectivity index (χ2v) is 8.20. The highest BCUT2D eigenvalue weighted by Crippen LogP contribution is 2.43. The van der Waals surface area contributed by atoms with Gasteiger partial charge in [0.15, 0.2) is 0 Å². The van der Waals surface area contributed by atoms with E-state index in [0.717, 1.165) is 12.8 Å². The lowest BCUT2D eigenvalue weighted by Crippen LogP contribution is -2.33. The Bertz CT molecular complexity index is 378. The molecule has 1 aliphatic heterocycles. The highest BCUT2D eigenvalue weighted by Gasteiger charge is 2.26. The Hall–Kier alpha value is -0.0300. The van der Waals surface area contributed by atoms with E-state index in [9.17, 15) is 5.11 Å². The molecule has 4 heteroatoms. The van der Waals surface area contributed by atoms with Crippen LogP contribution in [0.4, 0.5) is 0 Å². The number of hydrogen-bond acceptors (Lipinski definition) is 4. The number of thiophene rings is 1. The molecule has 0 bridgehead atoms. The number of fused-ring (bicyclic) bond motifs is 1. The second kappa shape index (κ2) is 6.42. The first-order valence-corrected chi connectivity index (χ1v) is 8.47. The molecule has 1 aromatic heterocycles. The molecule has 1 aromatic rings. The molecule has 18 heavy (non-hydrogen) atoms. The molecule has 0 radical (unpaired) electrons. The Morgan fingerprint density at radius 2 is 2.28 bits per heavy atom. The van der Waals surface area contributed by atoms with Crippen LogP contribution in [0.25, 0.3) is 0 Å². The van der Waals surface area contributed by atoms with Crippen LogP contribution in [-0.4, -0.2) is 23.0 Å². The molecule has 0 amide bonds. The van der Waals surface area contributed by atoms with E-state index in [-0.39, 0.29) is 6.10 Å². The predicted octanol–water partition coefficient (Wildman–Crippen LogP) is 3.67. The van der Waals surface area contributed by atoms with Crippen LogP contribution in [0.15, 0.2) is 15.7 Å². The average Bonchev–Trinajstić information content (AvgIpc) is 2.72. The summed E-state index contributed by atoms with van der Waals surface area (Å²) in [6.45, 7) is 7.29. The average molecular weight is 285 g/mol. The molecule has 2 heterocycles.